The van der Waals surface area contributed by atoms with E-state index in [0.717, 1.165) is 25.7 Å². The molecule has 0 saturated heterocycles. The number of sulfone groups is 1. The average molecular weight is 254 g/mol. The molecule has 2 N–H and O–H groups in total. The summed E-state index contributed by atoms with van der Waals surface area (Å²) in [6.45, 7) is 2.16. The highest BCUT2D eigenvalue weighted by molar-refractivity contribution is 7.92. The fourth-order valence-electron chi connectivity index (χ4n) is 2.34. The van der Waals surface area contributed by atoms with Crippen molar-refractivity contribution in [1.82, 2.24) is 4.98 Å². The topological polar surface area (TPSA) is 73.0 Å². The van der Waals surface area contributed by atoms with Gasteiger partial charge in [-0.1, -0.05) is 6.92 Å². The molecule has 0 aliphatic heterocycles. The number of nitrogen functional groups attached to an aromatic ring is 1. The molecule has 17 heavy (non-hydrogen) atoms. The van der Waals surface area contributed by atoms with E-state index in [9.17, 15) is 8.42 Å². The lowest BCUT2D eigenvalue weighted by Gasteiger charge is -2.25. The molecular weight excluding hydrogens is 236 g/mol. The molecule has 1 aromatic heterocycles. The minimum absolute atomic E-state index is 0.0551. The highest BCUT2D eigenvalue weighted by Gasteiger charge is 2.32. The van der Waals surface area contributed by atoms with Crippen LogP contribution in [0.3, 0.4) is 0 Å². The van der Waals surface area contributed by atoms with E-state index in [0.29, 0.717) is 5.92 Å². The molecule has 0 amide bonds. The van der Waals surface area contributed by atoms with E-state index in [1.165, 1.54) is 6.20 Å². The fourth-order valence-corrected chi connectivity index (χ4v) is 4.15. The first-order chi connectivity index (χ1) is 8.01. The number of anilines is 1. The van der Waals surface area contributed by atoms with Gasteiger partial charge in [0.05, 0.1) is 10.9 Å². The molecule has 1 saturated carbocycles. The zero-order valence-corrected chi connectivity index (χ0v) is 10.8. The highest BCUT2D eigenvalue weighted by Crippen LogP contribution is 2.32. The Morgan fingerprint density at radius 2 is 1.94 bits per heavy atom. The molecular formula is C12H18N2O2S. The zero-order chi connectivity index (χ0) is 12.5. The molecule has 0 spiro atoms. The quantitative estimate of drug-likeness (QED) is 0.876. The number of aromatic nitrogens is 1. The monoisotopic (exact) mass is 254 g/mol. The summed E-state index contributed by atoms with van der Waals surface area (Å²) in [7, 11) is -3.35. The van der Waals surface area contributed by atoms with Crippen molar-refractivity contribution in [1.29, 1.82) is 0 Å². The van der Waals surface area contributed by atoms with Crippen LogP contribution in [0.4, 0.5) is 5.69 Å². The van der Waals surface area contributed by atoms with Crippen LogP contribution in [0.25, 0.3) is 0 Å². The summed E-state index contributed by atoms with van der Waals surface area (Å²) < 4.78 is 24.7. The molecule has 1 fully saturated rings. The van der Waals surface area contributed by atoms with Crippen molar-refractivity contribution < 1.29 is 8.42 Å². The van der Waals surface area contributed by atoms with Gasteiger partial charge in [-0.2, -0.15) is 0 Å². The van der Waals surface area contributed by atoms with Crippen molar-refractivity contribution in [2.45, 2.75) is 42.9 Å². The summed E-state index contributed by atoms with van der Waals surface area (Å²) in [6, 6.07) is 3.24. The minimum Gasteiger partial charge on any atom is -0.396 e. The van der Waals surface area contributed by atoms with Gasteiger partial charge in [-0.05, 0) is 43.7 Å². The molecule has 1 heterocycles. The van der Waals surface area contributed by atoms with Crippen LogP contribution >= 0.6 is 0 Å². The van der Waals surface area contributed by atoms with Gasteiger partial charge >= 0.3 is 0 Å². The molecule has 0 aromatic carbocycles. The Bertz CT molecular complexity index is 491. The number of hydrogen-bond donors (Lipinski definition) is 1. The van der Waals surface area contributed by atoms with Gasteiger partial charge in [0.15, 0.2) is 5.03 Å². The van der Waals surface area contributed by atoms with Gasteiger partial charge < -0.3 is 5.73 Å². The van der Waals surface area contributed by atoms with E-state index in [2.05, 4.69) is 11.9 Å². The van der Waals surface area contributed by atoms with E-state index in [1.807, 2.05) is 0 Å². The first-order valence-corrected chi connectivity index (χ1v) is 7.51. The maximum atomic E-state index is 12.4. The molecule has 1 aliphatic rings. The summed E-state index contributed by atoms with van der Waals surface area (Å²) >= 11 is 0. The van der Waals surface area contributed by atoms with Crippen molar-refractivity contribution in [3.8, 4) is 0 Å². The largest absolute Gasteiger partial charge is 0.396 e. The van der Waals surface area contributed by atoms with Gasteiger partial charge in [-0.15, -0.1) is 0 Å². The molecule has 5 heteroatoms. The van der Waals surface area contributed by atoms with Gasteiger partial charge in [0.25, 0.3) is 0 Å². The fraction of sp³-hybridized carbons (Fsp3) is 0.583. The molecule has 1 aliphatic carbocycles. The molecule has 4 nitrogen and oxygen atoms in total. The van der Waals surface area contributed by atoms with Crippen molar-refractivity contribution in [3.63, 3.8) is 0 Å². The number of nitrogens with zero attached hydrogens (tertiary/aromatic N) is 1. The lowest BCUT2D eigenvalue weighted by molar-refractivity contribution is 0.382. The number of rotatable bonds is 2. The van der Waals surface area contributed by atoms with E-state index in [1.54, 1.807) is 12.1 Å². The summed E-state index contributed by atoms with van der Waals surface area (Å²) in [5, 5.41) is -0.254. The van der Waals surface area contributed by atoms with E-state index < -0.39 is 9.84 Å². The molecule has 0 atom stereocenters. The van der Waals surface area contributed by atoms with Crippen molar-refractivity contribution >= 4 is 15.5 Å². The molecule has 94 valence electrons. The van der Waals surface area contributed by atoms with Crippen LogP contribution in [0.15, 0.2) is 23.4 Å². The average Bonchev–Trinajstić information content (AvgIpc) is 2.30. The Kier molecular flexibility index (Phi) is 3.38. The van der Waals surface area contributed by atoms with Crippen molar-refractivity contribution in [3.05, 3.63) is 18.3 Å². The second-order valence-electron chi connectivity index (χ2n) is 4.82. The number of pyridine rings is 1. The third kappa shape index (κ3) is 2.44. The second kappa shape index (κ2) is 4.64. The molecule has 0 bridgehead atoms. The third-order valence-corrected chi connectivity index (χ3v) is 5.70. The van der Waals surface area contributed by atoms with Crippen LogP contribution < -0.4 is 5.73 Å². The van der Waals surface area contributed by atoms with Crippen LogP contribution in [0.1, 0.15) is 32.6 Å². The van der Waals surface area contributed by atoms with Crippen LogP contribution in [0.2, 0.25) is 0 Å². The zero-order valence-electron chi connectivity index (χ0n) is 9.96. The molecule has 0 unspecified atom stereocenters. The van der Waals surface area contributed by atoms with Crippen molar-refractivity contribution in [2.24, 2.45) is 5.92 Å². The van der Waals surface area contributed by atoms with Gasteiger partial charge in [-0.3, -0.25) is 0 Å². The van der Waals surface area contributed by atoms with Crippen LogP contribution in [0.5, 0.6) is 0 Å². The Morgan fingerprint density at radius 1 is 1.29 bits per heavy atom. The van der Waals surface area contributed by atoms with E-state index in [-0.39, 0.29) is 16.0 Å². The normalized spacial score (nSPS) is 25.7. The molecule has 1 aromatic rings. The summed E-state index contributed by atoms with van der Waals surface area (Å²) in [5.74, 6) is 0.627. The standard InChI is InChI=1S/C12H18N2O2S/c1-9-4-6-10(7-5-9)17(15,16)12-11(13)3-2-8-14-12/h2-3,8-10H,4-7,13H2,1H3. The Hall–Kier alpha value is -1.10. The van der Waals surface area contributed by atoms with Gasteiger partial charge in [-0.25, -0.2) is 13.4 Å². The van der Waals surface area contributed by atoms with Crippen LogP contribution in [0, 0.1) is 5.92 Å². The third-order valence-electron chi connectivity index (χ3n) is 3.47. The summed E-state index contributed by atoms with van der Waals surface area (Å²) in [4.78, 5) is 3.93. The smallest absolute Gasteiger partial charge is 0.200 e. The maximum absolute atomic E-state index is 12.4. The first-order valence-electron chi connectivity index (χ1n) is 5.96. The second-order valence-corrected chi connectivity index (χ2v) is 6.97. The summed E-state index contributed by atoms with van der Waals surface area (Å²) in [6.07, 6.45) is 4.86. The first kappa shape index (κ1) is 12.4. The van der Waals surface area contributed by atoms with E-state index in [4.69, 9.17) is 5.73 Å². The molecule has 2 rings (SSSR count). The van der Waals surface area contributed by atoms with Gasteiger partial charge in [0.1, 0.15) is 0 Å². The molecule has 0 radical (unpaired) electrons. The Balaban J connectivity index is 2.28. The van der Waals surface area contributed by atoms with Crippen LogP contribution in [-0.4, -0.2) is 18.7 Å². The number of nitrogens with two attached hydrogens (primary N) is 1. The lowest BCUT2D eigenvalue weighted by Crippen LogP contribution is -2.27. The predicted molar refractivity (Wildman–Crippen MR) is 67.3 cm³/mol. The van der Waals surface area contributed by atoms with Crippen LogP contribution in [-0.2, 0) is 9.84 Å². The number of hydrogen-bond acceptors (Lipinski definition) is 4. The SMILES string of the molecule is CC1CCC(S(=O)(=O)c2ncccc2N)CC1. The van der Waals surface area contributed by atoms with Gasteiger partial charge in [0, 0.05) is 6.20 Å². The maximum Gasteiger partial charge on any atom is 0.200 e. The highest BCUT2D eigenvalue weighted by atomic mass is 32.2. The Labute approximate surface area is 102 Å². The van der Waals surface area contributed by atoms with Crippen molar-refractivity contribution in [2.75, 3.05) is 5.73 Å². The Morgan fingerprint density at radius 3 is 2.53 bits per heavy atom. The lowest BCUT2D eigenvalue weighted by atomic mass is 9.91. The van der Waals surface area contributed by atoms with E-state index >= 15 is 0 Å². The summed E-state index contributed by atoms with van der Waals surface area (Å²) in [5.41, 5.74) is 5.95. The minimum atomic E-state index is -3.35. The van der Waals surface area contributed by atoms with Gasteiger partial charge in [0.2, 0.25) is 9.84 Å². The predicted octanol–water partition coefficient (Wildman–Crippen LogP) is 2.02.